The maximum absolute atomic E-state index is 10.6. The van der Waals surface area contributed by atoms with Gasteiger partial charge in [-0.15, -0.1) is 11.3 Å². The smallest absolute Gasteiger partial charge is 0.365 e. The van der Waals surface area contributed by atoms with Crippen molar-refractivity contribution in [3.05, 3.63) is 16.1 Å². The number of aliphatic hydroxyl groups is 1. The summed E-state index contributed by atoms with van der Waals surface area (Å²) in [5, 5.41) is 23.2. The van der Waals surface area contributed by atoms with Gasteiger partial charge in [0.05, 0.1) is 11.3 Å². The Bertz CT molecular complexity index is 363. The lowest BCUT2D eigenvalue weighted by molar-refractivity contribution is 0.0554. The van der Waals surface area contributed by atoms with Crippen molar-refractivity contribution in [3.8, 4) is 0 Å². The number of nitrogens with one attached hydrogen (secondary N) is 1. The van der Waals surface area contributed by atoms with Gasteiger partial charge in [0, 0.05) is 18.5 Å². The summed E-state index contributed by atoms with van der Waals surface area (Å²) in [6, 6.07) is 0. The van der Waals surface area contributed by atoms with Crippen molar-refractivity contribution in [1.29, 1.82) is 0 Å². The highest BCUT2D eigenvalue weighted by Crippen LogP contribution is 2.10. The molecule has 16 heavy (non-hydrogen) atoms. The Labute approximate surface area is 98.1 Å². The molecule has 0 radical (unpaired) electrons. The number of aromatic carboxylic acids is 1. The number of hydrogen-bond donors (Lipinski definition) is 3. The van der Waals surface area contributed by atoms with E-state index in [2.05, 4.69) is 10.3 Å². The molecule has 1 aromatic rings. The van der Waals surface area contributed by atoms with Crippen molar-refractivity contribution < 1.29 is 15.0 Å². The van der Waals surface area contributed by atoms with Crippen LogP contribution in [0.25, 0.3) is 0 Å². The highest BCUT2D eigenvalue weighted by Gasteiger charge is 2.16. The molecule has 0 aliphatic rings. The van der Waals surface area contributed by atoms with Crippen molar-refractivity contribution in [2.45, 2.75) is 32.4 Å². The molecule has 0 fully saturated rings. The van der Waals surface area contributed by atoms with Crippen LogP contribution in [-0.4, -0.2) is 33.3 Å². The molecule has 1 rings (SSSR count). The van der Waals surface area contributed by atoms with E-state index in [-0.39, 0.29) is 5.01 Å². The third-order valence-corrected chi connectivity index (χ3v) is 3.19. The molecule has 1 heterocycles. The first-order valence-corrected chi connectivity index (χ1v) is 5.93. The number of carbonyl (C=O) groups is 1. The lowest BCUT2D eigenvalue weighted by Gasteiger charge is -2.21. The normalized spacial score (nSPS) is 14.7. The standard InChI is InChI=1S/C10H16N2O3S/c1-3-10(2,15)6-11-4-7-5-16-8(12-7)9(13)14/h5,11,15H,3-4,6H2,1-2H3,(H,13,14). The van der Waals surface area contributed by atoms with Crippen LogP contribution in [0.3, 0.4) is 0 Å². The molecule has 5 nitrogen and oxygen atoms in total. The van der Waals surface area contributed by atoms with E-state index in [1.54, 1.807) is 12.3 Å². The maximum Gasteiger partial charge on any atom is 0.365 e. The molecule has 90 valence electrons. The van der Waals surface area contributed by atoms with E-state index >= 15 is 0 Å². The molecular weight excluding hydrogens is 228 g/mol. The number of rotatable bonds is 6. The minimum atomic E-state index is -1.00. The van der Waals surface area contributed by atoms with E-state index < -0.39 is 11.6 Å². The topological polar surface area (TPSA) is 82.5 Å². The van der Waals surface area contributed by atoms with Gasteiger partial charge in [-0.25, -0.2) is 9.78 Å². The van der Waals surface area contributed by atoms with Gasteiger partial charge < -0.3 is 15.5 Å². The van der Waals surface area contributed by atoms with Gasteiger partial charge in [-0.1, -0.05) is 6.92 Å². The van der Waals surface area contributed by atoms with E-state index in [1.165, 1.54) is 0 Å². The summed E-state index contributed by atoms with van der Waals surface area (Å²) in [6.45, 7) is 4.60. The average Bonchev–Trinajstić information content (AvgIpc) is 2.66. The van der Waals surface area contributed by atoms with Crippen LogP contribution >= 0.6 is 11.3 Å². The van der Waals surface area contributed by atoms with Crippen LogP contribution in [0, 0.1) is 0 Å². The van der Waals surface area contributed by atoms with Crippen LogP contribution in [-0.2, 0) is 6.54 Å². The fourth-order valence-electron chi connectivity index (χ4n) is 1.07. The Hall–Kier alpha value is -0.980. The average molecular weight is 244 g/mol. The monoisotopic (exact) mass is 244 g/mol. The van der Waals surface area contributed by atoms with E-state index in [0.29, 0.717) is 25.2 Å². The molecular formula is C10H16N2O3S. The molecule has 0 aliphatic heterocycles. The summed E-state index contributed by atoms with van der Waals surface area (Å²) in [6.07, 6.45) is 0.664. The molecule has 1 aromatic heterocycles. The molecule has 0 bridgehead atoms. The first-order valence-electron chi connectivity index (χ1n) is 5.05. The molecule has 0 saturated carbocycles. The van der Waals surface area contributed by atoms with Gasteiger partial charge in [-0.2, -0.15) is 0 Å². The summed E-state index contributed by atoms with van der Waals surface area (Å²) in [4.78, 5) is 14.5. The van der Waals surface area contributed by atoms with Crippen molar-refractivity contribution >= 4 is 17.3 Å². The zero-order chi connectivity index (χ0) is 12.2. The summed E-state index contributed by atoms with van der Waals surface area (Å²) in [7, 11) is 0. The van der Waals surface area contributed by atoms with Gasteiger partial charge in [0.25, 0.3) is 0 Å². The van der Waals surface area contributed by atoms with E-state index in [9.17, 15) is 9.90 Å². The van der Waals surface area contributed by atoms with E-state index in [1.807, 2.05) is 6.92 Å². The van der Waals surface area contributed by atoms with Crippen LogP contribution in [0.15, 0.2) is 5.38 Å². The third-order valence-electron chi connectivity index (χ3n) is 2.31. The van der Waals surface area contributed by atoms with Gasteiger partial charge in [0.15, 0.2) is 0 Å². The van der Waals surface area contributed by atoms with Crippen LogP contribution in [0.2, 0.25) is 0 Å². The van der Waals surface area contributed by atoms with E-state index in [4.69, 9.17) is 5.11 Å². The second kappa shape index (κ2) is 5.38. The number of carboxylic acid groups (broad SMARTS) is 1. The van der Waals surface area contributed by atoms with Gasteiger partial charge in [0.1, 0.15) is 0 Å². The number of hydrogen-bond acceptors (Lipinski definition) is 5. The summed E-state index contributed by atoms with van der Waals surface area (Å²) in [5.41, 5.74) is -0.0413. The van der Waals surface area contributed by atoms with Crippen molar-refractivity contribution in [3.63, 3.8) is 0 Å². The fraction of sp³-hybridized carbons (Fsp3) is 0.600. The number of aromatic nitrogens is 1. The van der Waals surface area contributed by atoms with Gasteiger partial charge in [0.2, 0.25) is 5.01 Å². The zero-order valence-electron chi connectivity index (χ0n) is 9.36. The maximum atomic E-state index is 10.6. The predicted octanol–water partition coefficient (Wildman–Crippen LogP) is 1.09. The molecule has 0 aromatic carbocycles. The summed E-state index contributed by atoms with van der Waals surface area (Å²) >= 11 is 1.11. The molecule has 6 heteroatoms. The molecule has 0 aliphatic carbocycles. The van der Waals surface area contributed by atoms with Crippen LogP contribution in [0.5, 0.6) is 0 Å². The molecule has 1 atom stereocenters. The quantitative estimate of drug-likeness (QED) is 0.698. The SMILES string of the molecule is CCC(C)(O)CNCc1csc(C(=O)O)n1. The van der Waals surface area contributed by atoms with Gasteiger partial charge >= 0.3 is 5.97 Å². The zero-order valence-corrected chi connectivity index (χ0v) is 10.2. The Morgan fingerprint density at radius 3 is 2.88 bits per heavy atom. The fourth-order valence-corrected chi connectivity index (χ4v) is 1.73. The predicted molar refractivity (Wildman–Crippen MR) is 61.7 cm³/mol. The lowest BCUT2D eigenvalue weighted by atomic mass is 10.0. The van der Waals surface area contributed by atoms with Gasteiger partial charge in [-0.05, 0) is 13.3 Å². The minimum Gasteiger partial charge on any atom is -0.476 e. The number of carboxylic acids is 1. The Kier molecular flexibility index (Phi) is 4.40. The van der Waals surface area contributed by atoms with Crippen LogP contribution in [0.1, 0.15) is 35.8 Å². The van der Waals surface area contributed by atoms with Gasteiger partial charge in [-0.3, -0.25) is 0 Å². The molecule has 0 saturated heterocycles. The molecule has 3 N–H and O–H groups in total. The second-order valence-electron chi connectivity index (χ2n) is 3.90. The minimum absolute atomic E-state index is 0.0963. The Morgan fingerprint density at radius 1 is 1.69 bits per heavy atom. The molecule has 0 spiro atoms. The highest BCUT2D eigenvalue weighted by molar-refractivity contribution is 7.11. The van der Waals surface area contributed by atoms with Crippen molar-refractivity contribution in [2.24, 2.45) is 0 Å². The first kappa shape index (κ1) is 13.1. The highest BCUT2D eigenvalue weighted by atomic mass is 32.1. The largest absolute Gasteiger partial charge is 0.476 e. The van der Waals surface area contributed by atoms with Crippen LogP contribution in [0.4, 0.5) is 0 Å². The molecule has 1 unspecified atom stereocenters. The summed E-state index contributed by atoms with van der Waals surface area (Å²) < 4.78 is 0. The summed E-state index contributed by atoms with van der Waals surface area (Å²) in [5.74, 6) is -1.00. The Morgan fingerprint density at radius 2 is 2.38 bits per heavy atom. The number of thiazole rings is 1. The van der Waals surface area contributed by atoms with Crippen LogP contribution < -0.4 is 5.32 Å². The lowest BCUT2D eigenvalue weighted by Crippen LogP contribution is -2.36. The van der Waals surface area contributed by atoms with Crippen molar-refractivity contribution in [1.82, 2.24) is 10.3 Å². The Balaban J connectivity index is 2.40. The van der Waals surface area contributed by atoms with E-state index in [0.717, 1.165) is 11.3 Å². The third kappa shape index (κ3) is 3.88. The second-order valence-corrected chi connectivity index (χ2v) is 4.76. The number of nitrogens with zero attached hydrogens (tertiary/aromatic N) is 1. The molecule has 0 amide bonds. The van der Waals surface area contributed by atoms with Crippen molar-refractivity contribution in [2.75, 3.05) is 6.54 Å². The first-order chi connectivity index (χ1) is 7.44.